The van der Waals surface area contributed by atoms with Crippen molar-refractivity contribution in [3.63, 3.8) is 0 Å². The van der Waals surface area contributed by atoms with Crippen LogP contribution >= 0.6 is 11.8 Å². The quantitative estimate of drug-likeness (QED) is 0.876. The number of thioether (sulfide) groups is 1. The van der Waals surface area contributed by atoms with Gasteiger partial charge < -0.3 is 15.5 Å². The van der Waals surface area contributed by atoms with Crippen LogP contribution in [0.1, 0.15) is 44.3 Å². The molecule has 0 aromatic carbocycles. The first-order chi connectivity index (χ1) is 9.59. The van der Waals surface area contributed by atoms with Crippen LogP contribution in [-0.2, 0) is 4.79 Å². The molecular formula is C15H22N2O2S. The van der Waals surface area contributed by atoms with E-state index >= 15 is 0 Å². The van der Waals surface area contributed by atoms with Crippen molar-refractivity contribution in [1.82, 2.24) is 5.32 Å². The molecule has 1 heterocycles. The lowest BCUT2D eigenvalue weighted by Crippen LogP contribution is -2.59. The first-order valence-electron chi connectivity index (χ1n) is 7.37. The Hall–Kier alpha value is -0.940. The lowest BCUT2D eigenvalue weighted by Gasteiger charge is -2.39. The third-order valence-corrected chi connectivity index (χ3v) is 5.75. The molecule has 0 spiro atoms. The summed E-state index contributed by atoms with van der Waals surface area (Å²) < 4.78 is 5.35. The van der Waals surface area contributed by atoms with Crippen LogP contribution in [0.3, 0.4) is 0 Å². The number of carbonyl (C=O) groups excluding carboxylic acids is 1. The van der Waals surface area contributed by atoms with E-state index in [4.69, 9.17) is 10.2 Å². The fourth-order valence-corrected chi connectivity index (χ4v) is 4.40. The van der Waals surface area contributed by atoms with Crippen LogP contribution in [0, 0.1) is 6.92 Å². The number of hydrogen-bond acceptors (Lipinski definition) is 4. The molecule has 2 unspecified atom stereocenters. The van der Waals surface area contributed by atoms with Gasteiger partial charge in [-0.25, -0.2) is 0 Å². The highest BCUT2D eigenvalue weighted by atomic mass is 32.2. The van der Waals surface area contributed by atoms with E-state index in [1.54, 1.807) is 6.26 Å². The van der Waals surface area contributed by atoms with E-state index in [0.29, 0.717) is 11.3 Å². The molecular weight excluding hydrogens is 272 g/mol. The van der Waals surface area contributed by atoms with Gasteiger partial charge in [-0.1, -0.05) is 0 Å². The standard InChI is InChI=1S/C15H22N2O2S/c1-10-13(6-8-19-10)20-12-3-2-7-15(9-12,14(16)18)17-11-4-5-11/h6,8,11-12,17H,2-5,7,9H2,1H3,(H2,16,18). The summed E-state index contributed by atoms with van der Waals surface area (Å²) in [7, 11) is 0. The Kier molecular flexibility index (Phi) is 3.82. The van der Waals surface area contributed by atoms with Crippen LogP contribution in [0.15, 0.2) is 21.6 Å². The average Bonchev–Trinajstić information content (AvgIpc) is 3.13. The molecule has 5 heteroatoms. The summed E-state index contributed by atoms with van der Waals surface area (Å²) in [6.07, 6.45) is 7.97. The van der Waals surface area contributed by atoms with E-state index in [1.807, 2.05) is 24.8 Å². The maximum Gasteiger partial charge on any atom is 0.237 e. The van der Waals surface area contributed by atoms with Gasteiger partial charge in [0.15, 0.2) is 0 Å². The molecule has 2 aliphatic rings. The lowest BCUT2D eigenvalue weighted by molar-refractivity contribution is -0.125. The Balaban J connectivity index is 1.70. The van der Waals surface area contributed by atoms with Gasteiger partial charge >= 0.3 is 0 Å². The molecule has 2 fully saturated rings. The Morgan fingerprint density at radius 1 is 1.50 bits per heavy atom. The summed E-state index contributed by atoms with van der Waals surface area (Å²) in [5, 5.41) is 3.95. The first-order valence-corrected chi connectivity index (χ1v) is 8.25. The predicted octanol–water partition coefficient (Wildman–Crippen LogP) is 2.60. The molecule has 3 N–H and O–H groups in total. The summed E-state index contributed by atoms with van der Waals surface area (Å²) in [5.74, 6) is 0.777. The first kappa shape index (κ1) is 14.0. The summed E-state index contributed by atoms with van der Waals surface area (Å²) in [6.45, 7) is 1.98. The van der Waals surface area contributed by atoms with E-state index in [2.05, 4.69) is 5.32 Å². The Morgan fingerprint density at radius 2 is 2.30 bits per heavy atom. The average molecular weight is 294 g/mol. The second-order valence-electron chi connectivity index (χ2n) is 6.04. The molecule has 3 rings (SSSR count). The number of primary amides is 1. The molecule has 20 heavy (non-hydrogen) atoms. The molecule has 2 saturated carbocycles. The van der Waals surface area contributed by atoms with Gasteiger partial charge in [0.25, 0.3) is 0 Å². The zero-order valence-electron chi connectivity index (χ0n) is 11.9. The van der Waals surface area contributed by atoms with Gasteiger partial charge in [-0.2, -0.15) is 0 Å². The van der Waals surface area contributed by atoms with E-state index < -0.39 is 5.54 Å². The molecule has 2 atom stereocenters. The zero-order chi connectivity index (χ0) is 14.2. The number of rotatable bonds is 5. The second kappa shape index (κ2) is 5.45. The normalized spacial score (nSPS) is 30.4. The maximum atomic E-state index is 12.0. The van der Waals surface area contributed by atoms with Crippen molar-refractivity contribution < 1.29 is 9.21 Å². The fraction of sp³-hybridized carbons (Fsp3) is 0.667. The Bertz CT molecular complexity index is 498. The SMILES string of the molecule is Cc1occc1SC1CCCC(NC2CC2)(C(N)=O)C1. The highest BCUT2D eigenvalue weighted by molar-refractivity contribution is 8.00. The van der Waals surface area contributed by atoms with Gasteiger partial charge in [-0.15, -0.1) is 11.8 Å². The number of aryl methyl sites for hydroxylation is 1. The molecule has 2 aliphatic carbocycles. The molecule has 0 aliphatic heterocycles. The number of carbonyl (C=O) groups is 1. The largest absolute Gasteiger partial charge is 0.468 e. The van der Waals surface area contributed by atoms with Crippen molar-refractivity contribution in [3.05, 3.63) is 18.1 Å². The molecule has 0 bridgehead atoms. The van der Waals surface area contributed by atoms with Gasteiger partial charge in [0.05, 0.1) is 11.8 Å². The van der Waals surface area contributed by atoms with E-state index in [0.717, 1.165) is 31.4 Å². The molecule has 1 aromatic heterocycles. The van der Waals surface area contributed by atoms with Gasteiger partial charge in [0.2, 0.25) is 5.91 Å². The van der Waals surface area contributed by atoms with E-state index in [9.17, 15) is 4.79 Å². The van der Waals surface area contributed by atoms with Crippen LogP contribution < -0.4 is 11.1 Å². The van der Waals surface area contributed by atoms with Crippen LogP contribution in [0.5, 0.6) is 0 Å². The topological polar surface area (TPSA) is 68.3 Å². The van der Waals surface area contributed by atoms with Crippen LogP contribution in [0.4, 0.5) is 0 Å². The van der Waals surface area contributed by atoms with Crippen molar-refractivity contribution >= 4 is 17.7 Å². The Labute approximate surface area is 123 Å². The number of amides is 1. The van der Waals surface area contributed by atoms with Crippen molar-refractivity contribution in [2.45, 2.75) is 67.2 Å². The molecule has 1 amide bonds. The minimum absolute atomic E-state index is 0.182. The minimum Gasteiger partial charge on any atom is -0.468 e. The van der Waals surface area contributed by atoms with Crippen molar-refractivity contribution in [2.24, 2.45) is 5.73 Å². The number of nitrogens with two attached hydrogens (primary N) is 1. The van der Waals surface area contributed by atoms with Gasteiger partial charge in [0.1, 0.15) is 5.76 Å². The zero-order valence-corrected chi connectivity index (χ0v) is 12.7. The van der Waals surface area contributed by atoms with Crippen LogP contribution in [0.25, 0.3) is 0 Å². The molecule has 4 nitrogen and oxygen atoms in total. The molecule has 0 saturated heterocycles. The second-order valence-corrected chi connectivity index (χ2v) is 7.38. The summed E-state index contributed by atoms with van der Waals surface area (Å²) in [6, 6.07) is 2.51. The van der Waals surface area contributed by atoms with Gasteiger partial charge in [0, 0.05) is 16.2 Å². The molecule has 0 radical (unpaired) electrons. The number of nitrogens with one attached hydrogen (secondary N) is 1. The molecule has 1 aromatic rings. The van der Waals surface area contributed by atoms with Gasteiger partial charge in [-0.05, 0) is 51.5 Å². The fourth-order valence-electron chi connectivity index (χ4n) is 3.04. The third-order valence-electron chi connectivity index (χ3n) is 4.34. The van der Waals surface area contributed by atoms with Gasteiger partial charge in [-0.3, -0.25) is 4.79 Å². The third kappa shape index (κ3) is 2.88. The summed E-state index contributed by atoms with van der Waals surface area (Å²) in [4.78, 5) is 13.2. The highest BCUT2D eigenvalue weighted by Gasteiger charge is 2.44. The minimum atomic E-state index is -0.491. The van der Waals surface area contributed by atoms with Crippen LogP contribution in [0.2, 0.25) is 0 Å². The summed E-state index contributed by atoms with van der Waals surface area (Å²) >= 11 is 1.82. The summed E-state index contributed by atoms with van der Waals surface area (Å²) in [5.41, 5.74) is 5.22. The maximum absolute atomic E-state index is 12.0. The highest BCUT2D eigenvalue weighted by Crippen LogP contribution is 2.40. The lowest BCUT2D eigenvalue weighted by atomic mass is 9.80. The van der Waals surface area contributed by atoms with Crippen molar-refractivity contribution in [1.29, 1.82) is 0 Å². The smallest absolute Gasteiger partial charge is 0.237 e. The number of hydrogen-bond donors (Lipinski definition) is 2. The predicted molar refractivity (Wildman–Crippen MR) is 79.6 cm³/mol. The monoisotopic (exact) mass is 294 g/mol. The van der Waals surface area contributed by atoms with E-state index in [1.165, 1.54) is 17.7 Å². The van der Waals surface area contributed by atoms with Crippen molar-refractivity contribution in [2.75, 3.05) is 0 Å². The molecule has 110 valence electrons. The van der Waals surface area contributed by atoms with Crippen molar-refractivity contribution in [3.8, 4) is 0 Å². The number of furan rings is 1. The Morgan fingerprint density at radius 3 is 2.90 bits per heavy atom. The van der Waals surface area contributed by atoms with Crippen LogP contribution in [-0.4, -0.2) is 22.7 Å². The van der Waals surface area contributed by atoms with E-state index in [-0.39, 0.29) is 5.91 Å².